The van der Waals surface area contributed by atoms with Gasteiger partial charge in [0.15, 0.2) is 0 Å². The van der Waals surface area contributed by atoms with Crippen LogP contribution in [0, 0.1) is 0 Å². The van der Waals surface area contributed by atoms with Gasteiger partial charge >= 0.3 is 0 Å². The van der Waals surface area contributed by atoms with E-state index >= 15 is 0 Å². The second-order valence-corrected chi connectivity index (χ2v) is 3.48. The normalized spacial score (nSPS) is 19.5. The van der Waals surface area contributed by atoms with Gasteiger partial charge in [0.25, 0.3) is 0 Å². The summed E-state index contributed by atoms with van der Waals surface area (Å²) >= 11 is 0. The van der Waals surface area contributed by atoms with Crippen molar-refractivity contribution in [3.05, 3.63) is 0 Å². The van der Waals surface area contributed by atoms with E-state index in [1.54, 1.807) is 6.08 Å². The highest BCUT2D eigenvalue weighted by Gasteiger charge is 2.20. The van der Waals surface area contributed by atoms with Crippen LogP contribution in [0.15, 0.2) is 4.99 Å². The molecule has 1 saturated heterocycles. The van der Waals surface area contributed by atoms with Crippen molar-refractivity contribution in [1.82, 2.24) is 0 Å². The Labute approximate surface area is 79.2 Å². The van der Waals surface area contributed by atoms with E-state index in [-0.39, 0.29) is 0 Å². The van der Waals surface area contributed by atoms with Crippen LogP contribution in [0.3, 0.4) is 0 Å². The van der Waals surface area contributed by atoms with Crippen LogP contribution in [-0.2, 0) is 9.53 Å². The molecule has 1 heterocycles. The number of isocyanates is 1. The van der Waals surface area contributed by atoms with Crippen molar-refractivity contribution < 1.29 is 9.53 Å². The zero-order valence-corrected chi connectivity index (χ0v) is 8.00. The number of epoxide rings is 1. The SMILES string of the molecule is O=C=NCCCCCCCC1CO1. The Hall–Kier alpha value is -0.660. The summed E-state index contributed by atoms with van der Waals surface area (Å²) in [6.45, 7) is 1.63. The van der Waals surface area contributed by atoms with Crippen LogP contribution in [0.5, 0.6) is 0 Å². The molecule has 1 aliphatic heterocycles. The molecule has 0 N–H and O–H groups in total. The van der Waals surface area contributed by atoms with Gasteiger partial charge in [-0.3, -0.25) is 0 Å². The van der Waals surface area contributed by atoms with Crippen LogP contribution in [-0.4, -0.2) is 25.3 Å². The van der Waals surface area contributed by atoms with E-state index in [1.165, 1.54) is 32.1 Å². The van der Waals surface area contributed by atoms with Gasteiger partial charge < -0.3 is 4.74 Å². The number of hydrogen-bond acceptors (Lipinski definition) is 3. The van der Waals surface area contributed by atoms with Crippen molar-refractivity contribution in [1.29, 1.82) is 0 Å². The third-order valence-electron chi connectivity index (χ3n) is 2.26. The largest absolute Gasteiger partial charge is 0.373 e. The molecular weight excluding hydrogens is 166 g/mol. The van der Waals surface area contributed by atoms with Crippen LogP contribution >= 0.6 is 0 Å². The Morgan fingerprint density at radius 1 is 1.23 bits per heavy atom. The number of unbranched alkanes of at least 4 members (excludes halogenated alkanes) is 4. The molecule has 0 aromatic heterocycles. The number of aliphatic imine (C=N–C) groups is 1. The third kappa shape index (κ3) is 6.50. The van der Waals surface area contributed by atoms with Gasteiger partial charge in [-0.1, -0.05) is 25.7 Å². The van der Waals surface area contributed by atoms with Crippen molar-refractivity contribution in [2.45, 2.75) is 44.6 Å². The average Bonchev–Trinajstić information content (AvgIpc) is 2.93. The highest BCUT2D eigenvalue weighted by atomic mass is 16.6. The molecule has 1 unspecified atom stereocenters. The van der Waals surface area contributed by atoms with E-state index in [1.807, 2.05) is 0 Å². The Balaban J connectivity index is 1.70. The molecular formula is C10H17NO2. The van der Waals surface area contributed by atoms with Crippen LogP contribution in [0.4, 0.5) is 0 Å². The van der Waals surface area contributed by atoms with Gasteiger partial charge in [0, 0.05) is 0 Å². The lowest BCUT2D eigenvalue weighted by Crippen LogP contribution is -1.86. The van der Waals surface area contributed by atoms with Gasteiger partial charge in [0.2, 0.25) is 6.08 Å². The first-order valence-corrected chi connectivity index (χ1v) is 5.08. The molecule has 0 aromatic rings. The van der Waals surface area contributed by atoms with E-state index in [9.17, 15) is 4.79 Å². The van der Waals surface area contributed by atoms with Crippen molar-refractivity contribution in [2.75, 3.05) is 13.2 Å². The molecule has 0 spiro atoms. The Morgan fingerprint density at radius 3 is 2.62 bits per heavy atom. The summed E-state index contributed by atoms with van der Waals surface area (Å²) in [5.41, 5.74) is 0. The van der Waals surface area contributed by atoms with E-state index in [2.05, 4.69) is 4.99 Å². The molecule has 1 fully saturated rings. The summed E-state index contributed by atoms with van der Waals surface area (Å²) in [7, 11) is 0. The van der Waals surface area contributed by atoms with E-state index < -0.39 is 0 Å². The Morgan fingerprint density at radius 2 is 1.92 bits per heavy atom. The number of rotatable bonds is 8. The quantitative estimate of drug-likeness (QED) is 0.250. The molecule has 1 aliphatic rings. The molecule has 0 aromatic carbocycles. The van der Waals surface area contributed by atoms with Gasteiger partial charge in [-0.2, -0.15) is 0 Å². The average molecular weight is 183 g/mol. The maximum atomic E-state index is 9.72. The topological polar surface area (TPSA) is 42.0 Å². The number of nitrogens with zero attached hydrogens (tertiary/aromatic N) is 1. The molecule has 1 atom stereocenters. The summed E-state index contributed by atoms with van der Waals surface area (Å²) in [6.07, 6.45) is 9.38. The van der Waals surface area contributed by atoms with E-state index in [4.69, 9.17) is 4.74 Å². The molecule has 0 amide bonds. The van der Waals surface area contributed by atoms with Crippen LogP contribution in [0.25, 0.3) is 0 Å². The highest BCUT2D eigenvalue weighted by Crippen LogP contribution is 2.17. The summed E-state index contributed by atoms with van der Waals surface area (Å²) in [5.74, 6) is 0. The predicted molar refractivity (Wildman–Crippen MR) is 50.4 cm³/mol. The molecule has 13 heavy (non-hydrogen) atoms. The second kappa shape index (κ2) is 6.81. The first-order valence-electron chi connectivity index (χ1n) is 5.08. The molecule has 74 valence electrons. The van der Waals surface area contributed by atoms with Gasteiger partial charge in [-0.05, 0) is 12.8 Å². The van der Waals surface area contributed by atoms with Crippen molar-refractivity contribution in [2.24, 2.45) is 4.99 Å². The minimum Gasteiger partial charge on any atom is -0.373 e. The minimum atomic E-state index is 0.583. The molecule has 3 heteroatoms. The summed E-state index contributed by atoms with van der Waals surface area (Å²) in [4.78, 5) is 13.2. The molecule has 0 radical (unpaired) electrons. The van der Waals surface area contributed by atoms with Gasteiger partial charge in [-0.25, -0.2) is 9.79 Å². The first kappa shape index (κ1) is 10.4. The summed E-state index contributed by atoms with van der Waals surface area (Å²) in [5, 5.41) is 0. The van der Waals surface area contributed by atoms with Gasteiger partial charge in [-0.15, -0.1) is 0 Å². The first-order chi connectivity index (χ1) is 6.43. The molecule has 0 saturated carbocycles. The highest BCUT2D eigenvalue weighted by molar-refractivity contribution is 5.32. The van der Waals surface area contributed by atoms with Crippen LogP contribution < -0.4 is 0 Å². The Bertz CT molecular complexity index is 172. The molecule has 1 rings (SSSR count). The monoisotopic (exact) mass is 183 g/mol. The smallest absolute Gasteiger partial charge is 0.234 e. The lowest BCUT2D eigenvalue weighted by atomic mass is 10.1. The third-order valence-corrected chi connectivity index (χ3v) is 2.26. The van der Waals surface area contributed by atoms with Crippen molar-refractivity contribution in [3.8, 4) is 0 Å². The van der Waals surface area contributed by atoms with E-state index in [0.717, 1.165) is 13.0 Å². The van der Waals surface area contributed by atoms with Crippen LogP contribution in [0.2, 0.25) is 0 Å². The second-order valence-electron chi connectivity index (χ2n) is 3.48. The van der Waals surface area contributed by atoms with Crippen LogP contribution in [0.1, 0.15) is 38.5 Å². The molecule has 3 nitrogen and oxygen atoms in total. The fraction of sp³-hybridized carbons (Fsp3) is 0.900. The zero-order chi connectivity index (χ0) is 9.36. The lowest BCUT2D eigenvalue weighted by Gasteiger charge is -1.97. The molecule has 0 aliphatic carbocycles. The maximum absolute atomic E-state index is 9.72. The number of ether oxygens (including phenoxy) is 1. The van der Waals surface area contributed by atoms with Gasteiger partial charge in [0.05, 0.1) is 19.3 Å². The predicted octanol–water partition coefficient (Wildman–Crippen LogP) is 2.06. The van der Waals surface area contributed by atoms with Crippen molar-refractivity contribution >= 4 is 6.08 Å². The fourth-order valence-corrected chi connectivity index (χ4v) is 1.37. The zero-order valence-electron chi connectivity index (χ0n) is 8.00. The van der Waals surface area contributed by atoms with Crippen molar-refractivity contribution in [3.63, 3.8) is 0 Å². The standard InChI is InChI=1S/C10H17NO2/c12-9-11-7-5-3-1-2-4-6-10-8-13-10/h10H,1-8H2. The lowest BCUT2D eigenvalue weighted by molar-refractivity contribution is 0.387. The van der Waals surface area contributed by atoms with Gasteiger partial charge in [0.1, 0.15) is 0 Å². The Kier molecular flexibility index (Phi) is 5.46. The maximum Gasteiger partial charge on any atom is 0.234 e. The summed E-state index contributed by atoms with van der Waals surface area (Å²) < 4.78 is 5.11. The number of carbonyl (C=O) groups excluding carboxylic acids is 1. The summed E-state index contributed by atoms with van der Waals surface area (Å²) in [6, 6.07) is 0. The number of hydrogen-bond donors (Lipinski definition) is 0. The minimum absolute atomic E-state index is 0.583. The molecule has 0 bridgehead atoms. The van der Waals surface area contributed by atoms with E-state index in [0.29, 0.717) is 12.6 Å². The fourth-order valence-electron chi connectivity index (χ4n) is 1.37.